The lowest BCUT2D eigenvalue weighted by Crippen LogP contribution is -2.27. The van der Waals surface area contributed by atoms with Gasteiger partial charge in [0.15, 0.2) is 11.5 Å². The molecule has 0 saturated carbocycles. The van der Waals surface area contributed by atoms with E-state index in [2.05, 4.69) is 0 Å². The van der Waals surface area contributed by atoms with Gasteiger partial charge in [-0.3, -0.25) is 0 Å². The molecule has 0 aliphatic carbocycles. The van der Waals surface area contributed by atoms with Crippen LogP contribution >= 0.6 is 0 Å². The Hall–Kier alpha value is -2.28. The van der Waals surface area contributed by atoms with Crippen LogP contribution in [-0.2, 0) is 6.54 Å². The van der Waals surface area contributed by atoms with Gasteiger partial charge in [0.2, 0.25) is 0 Å². The molecule has 2 amide bonds. The monoisotopic (exact) mass is 309 g/mol. The van der Waals surface area contributed by atoms with Crippen LogP contribution in [-0.4, -0.2) is 69.2 Å². The maximum Gasteiger partial charge on any atom is 0.414 e. The normalized spacial score (nSPS) is 10.3. The van der Waals surface area contributed by atoms with E-state index in [-0.39, 0.29) is 11.5 Å². The Morgan fingerprint density at radius 1 is 0.864 bits per heavy atom. The number of ether oxygens (including phenoxy) is 2. The van der Waals surface area contributed by atoms with E-state index in [1.54, 1.807) is 40.3 Å². The van der Waals surface area contributed by atoms with Gasteiger partial charge in [0.1, 0.15) is 0 Å². The summed E-state index contributed by atoms with van der Waals surface area (Å²) in [7, 11) is 10.2. The molecule has 0 fully saturated rings. The number of hydrogen-bond acceptors (Lipinski definition) is 5. The van der Waals surface area contributed by atoms with Crippen LogP contribution in [0.3, 0.4) is 0 Å². The maximum atomic E-state index is 11.8. The van der Waals surface area contributed by atoms with Crippen LogP contribution in [0.2, 0.25) is 0 Å². The van der Waals surface area contributed by atoms with Gasteiger partial charge in [-0.1, -0.05) is 6.07 Å². The number of hydrogen-bond donors (Lipinski definition) is 0. The number of carbonyl (C=O) groups is 2. The van der Waals surface area contributed by atoms with Gasteiger partial charge >= 0.3 is 12.2 Å². The molecule has 0 heterocycles. The number of amides is 2. The van der Waals surface area contributed by atoms with E-state index in [4.69, 9.17) is 9.47 Å². The minimum atomic E-state index is -0.539. The highest BCUT2D eigenvalue weighted by atomic mass is 16.6. The third-order valence-electron chi connectivity index (χ3n) is 2.63. The van der Waals surface area contributed by atoms with Gasteiger partial charge in [-0.2, -0.15) is 0 Å². The van der Waals surface area contributed by atoms with Crippen LogP contribution in [0, 0.1) is 0 Å². The number of rotatable bonds is 4. The van der Waals surface area contributed by atoms with Crippen molar-refractivity contribution in [2.75, 3.05) is 42.3 Å². The highest BCUT2D eigenvalue weighted by Gasteiger charge is 2.16. The van der Waals surface area contributed by atoms with Crippen molar-refractivity contribution >= 4 is 12.2 Å². The quantitative estimate of drug-likeness (QED) is 0.849. The fourth-order valence-electron chi connectivity index (χ4n) is 1.55. The molecule has 0 bridgehead atoms. The Bertz CT molecular complexity index is 542. The van der Waals surface area contributed by atoms with E-state index >= 15 is 0 Å². The summed E-state index contributed by atoms with van der Waals surface area (Å²) < 4.78 is 10.5. The Balaban J connectivity index is 3.07. The Kier molecular flexibility index (Phi) is 6.18. The molecule has 0 aliphatic rings. The van der Waals surface area contributed by atoms with Gasteiger partial charge in [0, 0.05) is 34.7 Å². The molecule has 22 heavy (non-hydrogen) atoms. The van der Waals surface area contributed by atoms with E-state index < -0.39 is 12.2 Å². The van der Waals surface area contributed by atoms with Crippen LogP contribution in [0.15, 0.2) is 18.2 Å². The van der Waals surface area contributed by atoms with Gasteiger partial charge in [0.25, 0.3) is 0 Å². The highest BCUT2D eigenvalue weighted by molar-refractivity contribution is 5.74. The van der Waals surface area contributed by atoms with Crippen molar-refractivity contribution in [3.8, 4) is 11.5 Å². The van der Waals surface area contributed by atoms with E-state index in [9.17, 15) is 9.59 Å². The topological polar surface area (TPSA) is 62.3 Å². The first-order valence-electron chi connectivity index (χ1n) is 6.76. The smallest absolute Gasteiger partial charge is 0.406 e. The first-order chi connectivity index (χ1) is 10.2. The molecule has 0 atom stereocenters. The minimum Gasteiger partial charge on any atom is -0.406 e. The Morgan fingerprint density at radius 2 is 1.36 bits per heavy atom. The molecule has 1 rings (SSSR count). The summed E-state index contributed by atoms with van der Waals surface area (Å²) in [5, 5.41) is 0. The molecule has 0 aliphatic heterocycles. The molecule has 1 aromatic rings. The summed E-state index contributed by atoms with van der Waals surface area (Å²) in [4.78, 5) is 28.0. The molecule has 122 valence electrons. The van der Waals surface area contributed by atoms with Crippen LogP contribution in [0.5, 0.6) is 11.5 Å². The molecule has 0 saturated heterocycles. The van der Waals surface area contributed by atoms with E-state index in [0.29, 0.717) is 6.54 Å². The Labute approximate surface area is 131 Å². The van der Waals surface area contributed by atoms with Crippen molar-refractivity contribution in [1.82, 2.24) is 14.7 Å². The van der Waals surface area contributed by atoms with Crippen LogP contribution < -0.4 is 9.47 Å². The fourth-order valence-corrected chi connectivity index (χ4v) is 1.55. The molecular formula is C15H23N3O4. The SMILES string of the molecule is CN(C)Cc1ccc(OC(=O)N(C)C)c(OC(=O)N(C)C)c1. The van der Waals surface area contributed by atoms with Crippen LogP contribution in [0.4, 0.5) is 9.59 Å². The summed E-state index contributed by atoms with van der Waals surface area (Å²) in [6.07, 6.45) is -1.08. The fraction of sp³-hybridized carbons (Fsp3) is 0.467. The number of nitrogens with zero attached hydrogens (tertiary/aromatic N) is 3. The van der Waals surface area contributed by atoms with Gasteiger partial charge in [-0.05, 0) is 31.8 Å². The minimum absolute atomic E-state index is 0.205. The summed E-state index contributed by atoms with van der Waals surface area (Å²) >= 11 is 0. The lowest BCUT2D eigenvalue weighted by atomic mass is 10.2. The standard InChI is InChI=1S/C15H23N3O4/c1-16(2)10-11-7-8-12(21-14(19)17(3)4)13(9-11)22-15(20)18(5)6/h7-9H,10H2,1-6H3. The number of benzene rings is 1. The van der Waals surface area contributed by atoms with Crippen molar-refractivity contribution < 1.29 is 19.1 Å². The second-order valence-corrected chi connectivity index (χ2v) is 5.54. The lowest BCUT2D eigenvalue weighted by molar-refractivity contribution is 0.161. The molecule has 0 N–H and O–H groups in total. The molecule has 7 nitrogen and oxygen atoms in total. The van der Waals surface area contributed by atoms with E-state index in [1.807, 2.05) is 25.1 Å². The number of carbonyl (C=O) groups excluding carboxylic acids is 2. The average molecular weight is 309 g/mol. The third kappa shape index (κ3) is 5.25. The van der Waals surface area contributed by atoms with Crippen molar-refractivity contribution in [1.29, 1.82) is 0 Å². The maximum absolute atomic E-state index is 11.8. The molecule has 1 aromatic carbocycles. The molecule has 0 aromatic heterocycles. The summed E-state index contributed by atoms with van der Waals surface area (Å²) in [5.41, 5.74) is 0.941. The van der Waals surface area contributed by atoms with Crippen LogP contribution in [0.25, 0.3) is 0 Å². The highest BCUT2D eigenvalue weighted by Crippen LogP contribution is 2.29. The van der Waals surface area contributed by atoms with E-state index in [0.717, 1.165) is 5.56 Å². The molecular weight excluding hydrogens is 286 g/mol. The predicted octanol–water partition coefficient (Wildman–Crippen LogP) is 1.87. The van der Waals surface area contributed by atoms with Crippen molar-refractivity contribution in [3.05, 3.63) is 23.8 Å². The van der Waals surface area contributed by atoms with Crippen LogP contribution in [0.1, 0.15) is 5.56 Å². The molecule has 0 unspecified atom stereocenters. The van der Waals surface area contributed by atoms with Crippen molar-refractivity contribution in [2.45, 2.75) is 6.54 Å². The molecule has 0 radical (unpaired) electrons. The first kappa shape index (κ1) is 17.8. The summed E-state index contributed by atoms with van der Waals surface area (Å²) in [6.45, 7) is 0.675. The third-order valence-corrected chi connectivity index (χ3v) is 2.63. The summed E-state index contributed by atoms with van der Waals surface area (Å²) in [5.74, 6) is 0.421. The zero-order valence-corrected chi connectivity index (χ0v) is 13.9. The Morgan fingerprint density at radius 3 is 1.82 bits per heavy atom. The molecule has 0 spiro atoms. The summed E-state index contributed by atoms with van der Waals surface area (Å²) in [6, 6.07) is 5.14. The molecule has 7 heteroatoms. The largest absolute Gasteiger partial charge is 0.414 e. The van der Waals surface area contributed by atoms with Crippen molar-refractivity contribution in [2.24, 2.45) is 0 Å². The first-order valence-corrected chi connectivity index (χ1v) is 6.76. The van der Waals surface area contributed by atoms with Gasteiger partial charge in [0.05, 0.1) is 0 Å². The average Bonchev–Trinajstić information content (AvgIpc) is 2.40. The van der Waals surface area contributed by atoms with Gasteiger partial charge in [-0.25, -0.2) is 9.59 Å². The van der Waals surface area contributed by atoms with Gasteiger partial charge < -0.3 is 24.2 Å². The second-order valence-electron chi connectivity index (χ2n) is 5.54. The van der Waals surface area contributed by atoms with E-state index in [1.165, 1.54) is 9.80 Å². The van der Waals surface area contributed by atoms with Gasteiger partial charge in [-0.15, -0.1) is 0 Å². The zero-order chi connectivity index (χ0) is 16.9. The zero-order valence-electron chi connectivity index (χ0n) is 13.9. The predicted molar refractivity (Wildman–Crippen MR) is 83.3 cm³/mol. The van der Waals surface area contributed by atoms with Crippen molar-refractivity contribution in [3.63, 3.8) is 0 Å². The lowest BCUT2D eigenvalue weighted by Gasteiger charge is -2.17. The second kappa shape index (κ2) is 7.65.